The van der Waals surface area contributed by atoms with E-state index >= 15 is 0 Å². The van der Waals surface area contributed by atoms with E-state index in [-0.39, 0.29) is 12.0 Å². The molecule has 1 aliphatic rings. The first-order chi connectivity index (χ1) is 10.6. The van der Waals surface area contributed by atoms with E-state index in [1.54, 1.807) is 14.2 Å². The summed E-state index contributed by atoms with van der Waals surface area (Å²) in [5.41, 5.74) is 4.71. The van der Waals surface area contributed by atoms with Gasteiger partial charge in [-0.15, -0.1) is 0 Å². The van der Waals surface area contributed by atoms with Crippen molar-refractivity contribution in [3.05, 3.63) is 52.6 Å². The Labute approximate surface area is 131 Å². The molecule has 0 amide bonds. The highest BCUT2D eigenvalue weighted by Crippen LogP contribution is 2.50. The zero-order valence-corrected chi connectivity index (χ0v) is 13.8. The summed E-state index contributed by atoms with van der Waals surface area (Å²) in [4.78, 5) is 0. The second-order valence-corrected chi connectivity index (χ2v) is 5.86. The van der Waals surface area contributed by atoms with Gasteiger partial charge in [-0.1, -0.05) is 19.1 Å². The molecule has 3 nitrogen and oxygen atoms in total. The van der Waals surface area contributed by atoms with Crippen LogP contribution in [0.1, 0.15) is 41.2 Å². The topological polar surface area (TPSA) is 27.7 Å². The normalized spacial score (nSPS) is 19.5. The molecule has 0 saturated carbocycles. The molecule has 0 aromatic heterocycles. The van der Waals surface area contributed by atoms with Gasteiger partial charge in [-0.3, -0.25) is 0 Å². The summed E-state index contributed by atoms with van der Waals surface area (Å²) >= 11 is 0. The summed E-state index contributed by atoms with van der Waals surface area (Å²) in [6.45, 7) is 6.38. The Hall–Kier alpha value is -2.16. The Kier molecular flexibility index (Phi) is 3.73. The van der Waals surface area contributed by atoms with Gasteiger partial charge in [0.05, 0.1) is 14.2 Å². The van der Waals surface area contributed by atoms with E-state index in [0.29, 0.717) is 0 Å². The fourth-order valence-electron chi connectivity index (χ4n) is 3.46. The number of aryl methyl sites for hydroxylation is 1. The van der Waals surface area contributed by atoms with Crippen LogP contribution in [0.2, 0.25) is 0 Å². The Morgan fingerprint density at radius 3 is 2.27 bits per heavy atom. The van der Waals surface area contributed by atoms with E-state index in [0.717, 1.165) is 22.8 Å². The van der Waals surface area contributed by atoms with E-state index < -0.39 is 0 Å². The number of hydrogen-bond acceptors (Lipinski definition) is 3. The maximum Gasteiger partial charge on any atom is 0.130 e. The molecule has 0 N–H and O–H groups in total. The standard InChI is InChI=1S/C19H22O3/c1-11-10-16-17(12(2)18(11)21-5)13(3)19(22-16)14-6-8-15(20-4)9-7-14/h6-10,13,19H,1-5H3/t13-,19-/m0/s1. The van der Waals surface area contributed by atoms with E-state index in [9.17, 15) is 0 Å². The molecule has 3 rings (SSSR count). The molecule has 0 aliphatic carbocycles. The minimum absolute atomic E-state index is 0.0334. The molecule has 2 aromatic rings. The van der Waals surface area contributed by atoms with Gasteiger partial charge >= 0.3 is 0 Å². The van der Waals surface area contributed by atoms with Gasteiger partial charge in [0, 0.05) is 11.5 Å². The predicted molar refractivity (Wildman–Crippen MR) is 87.2 cm³/mol. The highest BCUT2D eigenvalue weighted by Gasteiger charge is 2.35. The summed E-state index contributed by atoms with van der Waals surface area (Å²) in [5, 5.41) is 0. The molecule has 2 atom stereocenters. The number of fused-ring (bicyclic) bond motifs is 1. The molecule has 0 spiro atoms. The SMILES string of the molecule is COc1ccc([C@H]2Oc3cc(C)c(OC)c(C)c3[C@@H]2C)cc1. The average molecular weight is 298 g/mol. The molecule has 0 fully saturated rings. The third-order valence-corrected chi connectivity index (χ3v) is 4.53. The number of methoxy groups -OCH3 is 2. The van der Waals surface area contributed by atoms with Gasteiger partial charge in [0.2, 0.25) is 0 Å². The number of hydrogen-bond donors (Lipinski definition) is 0. The van der Waals surface area contributed by atoms with Crippen LogP contribution >= 0.6 is 0 Å². The van der Waals surface area contributed by atoms with E-state index in [1.807, 2.05) is 12.1 Å². The molecular weight excluding hydrogens is 276 g/mol. The number of benzene rings is 2. The molecule has 116 valence electrons. The van der Waals surface area contributed by atoms with E-state index in [1.165, 1.54) is 16.7 Å². The number of rotatable bonds is 3. The molecule has 0 unspecified atom stereocenters. The highest BCUT2D eigenvalue weighted by molar-refractivity contribution is 5.57. The van der Waals surface area contributed by atoms with Crippen molar-refractivity contribution < 1.29 is 14.2 Å². The molecular formula is C19H22O3. The van der Waals surface area contributed by atoms with Crippen LogP contribution in [0.25, 0.3) is 0 Å². The Bertz CT molecular complexity index is 689. The van der Waals surface area contributed by atoms with Gasteiger partial charge in [0.15, 0.2) is 0 Å². The zero-order valence-electron chi connectivity index (χ0n) is 13.8. The third kappa shape index (κ3) is 2.21. The van der Waals surface area contributed by atoms with Crippen LogP contribution in [0.3, 0.4) is 0 Å². The lowest BCUT2D eigenvalue weighted by molar-refractivity contribution is 0.216. The van der Waals surface area contributed by atoms with Crippen LogP contribution < -0.4 is 14.2 Å². The van der Waals surface area contributed by atoms with E-state index in [2.05, 4.69) is 39.0 Å². The monoisotopic (exact) mass is 298 g/mol. The van der Waals surface area contributed by atoms with Crippen LogP contribution in [0, 0.1) is 13.8 Å². The fourth-order valence-corrected chi connectivity index (χ4v) is 3.46. The average Bonchev–Trinajstić information content (AvgIpc) is 2.84. The lowest BCUT2D eigenvalue weighted by atomic mass is 9.89. The largest absolute Gasteiger partial charge is 0.497 e. The quantitative estimate of drug-likeness (QED) is 0.831. The minimum atomic E-state index is 0.0334. The second-order valence-electron chi connectivity index (χ2n) is 5.86. The van der Waals surface area contributed by atoms with Crippen molar-refractivity contribution in [2.75, 3.05) is 14.2 Å². The first-order valence-corrected chi connectivity index (χ1v) is 7.55. The first kappa shape index (κ1) is 14.8. The van der Waals surface area contributed by atoms with Crippen molar-refractivity contribution in [1.82, 2.24) is 0 Å². The molecule has 3 heteroatoms. The Morgan fingerprint density at radius 2 is 1.68 bits per heavy atom. The van der Waals surface area contributed by atoms with Gasteiger partial charge in [-0.2, -0.15) is 0 Å². The summed E-state index contributed by atoms with van der Waals surface area (Å²) in [6.07, 6.45) is 0.0334. The van der Waals surface area contributed by atoms with Crippen LogP contribution in [0.4, 0.5) is 0 Å². The maximum absolute atomic E-state index is 6.24. The summed E-state index contributed by atoms with van der Waals surface area (Å²) < 4.78 is 17.0. The van der Waals surface area contributed by atoms with Crippen molar-refractivity contribution in [3.63, 3.8) is 0 Å². The predicted octanol–water partition coefficient (Wildman–Crippen LogP) is 4.56. The van der Waals surface area contributed by atoms with Crippen LogP contribution in [0.15, 0.2) is 30.3 Å². The van der Waals surface area contributed by atoms with Gasteiger partial charge in [0.1, 0.15) is 23.4 Å². The third-order valence-electron chi connectivity index (χ3n) is 4.53. The summed E-state index contributed by atoms with van der Waals surface area (Å²) in [6, 6.07) is 10.2. The smallest absolute Gasteiger partial charge is 0.130 e. The minimum Gasteiger partial charge on any atom is -0.497 e. The van der Waals surface area contributed by atoms with Crippen molar-refractivity contribution in [1.29, 1.82) is 0 Å². The van der Waals surface area contributed by atoms with Crippen LogP contribution in [-0.4, -0.2) is 14.2 Å². The second kappa shape index (κ2) is 5.56. The van der Waals surface area contributed by atoms with E-state index in [4.69, 9.17) is 14.2 Å². The molecule has 22 heavy (non-hydrogen) atoms. The highest BCUT2D eigenvalue weighted by atomic mass is 16.5. The maximum atomic E-state index is 6.24. The van der Waals surface area contributed by atoms with Gasteiger partial charge in [0.25, 0.3) is 0 Å². The molecule has 2 aromatic carbocycles. The zero-order chi connectivity index (χ0) is 15.9. The summed E-state index contributed by atoms with van der Waals surface area (Å²) in [7, 11) is 3.40. The number of ether oxygens (including phenoxy) is 3. The molecule has 1 heterocycles. The Balaban J connectivity index is 2.00. The van der Waals surface area contributed by atoms with Crippen molar-refractivity contribution in [3.8, 4) is 17.2 Å². The molecule has 0 radical (unpaired) electrons. The lowest BCUT2D eigenvalue weighted by Crippen LogP contribution is -2.07. The van der Waals surface area contributed by atoms with Gasteiger partial charge in [-0.25, -0.2) is 0 Å². The Morgan fingerprint density at radius 1 is 1.00 bits per heavy atom. The van der Waals surface area contributed by atoms with Crippen molar-refractivity contribution >= 4 is 0 Å². The van der Waals surface area contributed by atoms with Crippen LogP contribution in [0.5, 0.6) is 17.2 Å². The van der Waals surface area contributed by atoms with Gasteiger partial charge in [-0.05, 0) is 48.7 Å². The fraction of sp³-hybridized carbons (Fsp3) is 0.368. The molecule has 0 saturated heterocycles. The lowest BCUT2D eigenvalue weighted by Gasteiger charge is -2.17. The van der Waals surface area contributed by atoms with Crippen molar-refractivity contribution in [2.45, 2.75) is 32.8 Å². The van der Waals surface area contributed by atoms with Crippen LogP contribution in [-0.2, 0) is 0 Å². The van der Waals surface area contributed by atoms with Gasteiger partial charge < -0.3 is 14.2 Å². The first-order valence-electron chi connectivity index (χ1n) is 7.55. The molecule has 0 bridgehead atoms. The molecule has 1 aliphatic heterocycles. The summed E-state index contributed by atoms with van der Waals surface area (Å²) in [5.74, 6) is 3.09. The van der Waals surface area contributed by atoms with Crippen molar-refractivity contribution in [2.24, 2.45) is 0 Å².